The number of nitrogens with one attached hydrogen (secondary N) is 1. The van der Waals surface area contributed by atoms with Crippen LogP contribution in [-0.4, -0.2) is 42.5 Å². The van der Waals surface area contributed by atoms with Gasteiger partial charge in [0.2, 0.25) is 5.91 Å². The maximum atomic E-state index is 11.8. The van der Waals surface area contributed by atoms with E-state index in [1.165, 1.54) is 18.9 Å². The van der Waals surface area contributed by atoms with E-state index in [2.05, 4.69) is 26.0 Å². The molecular weight excluding hydrogens is 358 g/mol. The smallest absolute Gasteiger partial charge is 0.330 e. The molecule has 1 unspecified atom stereocenters. The van der Waals surface area contributed by atoms with E-state index in [0.29, 0.717) is 0 Å². The Morgan fingerprint density at radius 1 is 1.38 bits per heavy atom. The summed E-state index contributed by atoms with van der Waals surface area (Å²) >= 11 is 4.84. The van der Waals surface area contributed by atoms with Crippen LogP contribution >= 0.6 is 27.7 Å². The highest BCUT2D eigenvalue weighted by Crippen LogP contribution is 2.28. The van der Waals surface area contributed by atoms with E-state index >= 15 is 0 Å². The van der Waals surface area contributed by atoms with Gasteiger partial charge in [0.1, 0.15) is 0 Å². The van der Waals surface area contributed by atoms with Crippen LogP contribution in [0.5, 0.6) is 0 Å². The number of carbonyl (C=O) groups excluding carboxylic acids is 2. The molecule has 0 radical (unpaired) electrons. The van der Waals surface area contributed by atoms with Crippen LogP contribution in [0.3, 0.4) is 0 Å². The van der Waals surface area contributed by atoms with E-state index in [1.807, 2.05) is 26.0 Å². The zero-order chi connectivity index (χ0) is 16.0. The van der Waals surface area contributed by atoms with E-state index in [1.54, 1.807) is 0 Å². The van der Waals surface area contributed by atoms with E-state index in [0.717, 1.165) is 20.5 Å². The van der Waals surface area contributed by atoms with Gasteiger partial charge in [-0.15, -0.1) is 11.8 Å². The van der Waals surface area contributed by atoms with Crippen LogP contribution in [0.1, 0.15) is 11.1 Å². The summed E-state index contributed by atoms with van der Waals surface area (Å²) in [6.07, 6.45) is 0. The van der Waals surface area contributed by atoms with Crippen LogP contribution in [0.15, 0.2) is 21.5 Å². The molecule has 21 heavy (non-hydrogen) atoms. The maximum absolute atomic E-state index is 11.8. The number of rotatable bonds is 6. The molecule has 116 valence electrons. The van der Waals surface area contributed by atoms with Crippen molar-refractivity contribution >= 4 is 39.6 Å². The molecule has 1 aromatic rings. The van der Waals surface area contributed by atoms with E-state index < -0.39 is 18.6 Å². The van der Waals surface area contributed by atoms with Crippen molar-refractivity contribution in [1.29, 1.82) is 0 Å². The molecule has 0 saturated heterocycles. The normalized spacial score (nSPS) is 11.9. The number of amides is 1. The minimum atomic E-state index is -1.02. The van der Waals surface area contributed by atoms with Crippen LogP contribution in [-0.2, 0) is 14.3 Å². The Hall–Kier alpha value is -1.05. The van der Waals surface area contributed by atoms with Gasteiger partial charge in [0.15, 0.2) is 6.04 Å². The maximum Gasteiger partial charge on any atom is 0.330 e. The number of benzene rings is 1. The Balaban J connectivity index is 2.61. The number of ether oxygens (including phenoxy) is 1. The summed E-state index contributed by atoms with van der Waals surface area (Å²) < 4.78 is 5.52. The molecular formula is C14H18BrNO4S. The van der Waals surface area contributed by atoms with Gasteiger partial charge in [-0.1, -0.05) is 15.9 Å². The number of hydrogen-bond donors (Lipinski definition) is 2. The molecule has 1 amide bonds. The Labute approximate surface area is 136 Å². The standard InChI is InChI=1S/C14H18BrNO4S/c1-8-5-12(9(2)4-10(8)15)21-7-13(18)16-11(6-17)14(19)20-3/h4-5,11,17H,6-7H2,1-3H3,(H,16,18). The minimum absolute atomic E-state index is 0.162. The fraction of sp³-hybridized carbons (Fsp3) is 0.429. The van der Waals surface area contributed by atoms with Gasteiger partial charge in [-0.3, -0.25) is 4.79 Å². The first-order valence-corrected chi connectivity index (χ1v) is 8.04. The summed E-state index contributed by atoms with van der Waals surface area (Å²) in [6.45, 7) is 3.46. The van der Waals surface area contributed by atoms with Gasteiger partial charge >= 0.3 is 5.97 Å². The summed E-state index contributed by atoms with van der Waals surface area (Å²) in [5.41, 5.74) is 2.16. The second-order valence-electron chi connectivity index (χ2n) is 4.48. The first-order chi connectivity index (χ1) is 9.88. The molecule has 0 aliphatic carbocycles. The van der Waals surface area contributed by atoms with Gasteiger partial charge < -0.3 is 15.2 Å². The highest BCUT2D eigenvalue weighted by molar-refractivity contribution is 9.10. The number of aliphatic hydroxyl groups is 1. The lowest BCUT2D eigenvalue weighted by atomic mass is 10.2. The summed E-state index contributed by atoms with van der Waals surface area (Å²) in [5.74, 6) is -0.828. The number of aliphatic hydroxyl groups excluding tert-OH is 1. The topological polar surface area (TPSA) is 75.6 Å². The van der Waals surface area contributed by atoms with Gasteiger partial charge in [0, 0.05) is 9.37 Å². The summed E-state index contributed by atoms with van der Waals surface area (Å²) in [5, 5.41) is 11.5. The molecule has 7 heteroatoms. The molecule has 0 bridgehead atoms. The second kappa shape index (κ2) is 8.41. The van der Waals surface area contributed by atoms with Crippen molar-refractivity contribution in [1.82, 2.24) is 5.32 Å². The molecule has 0 fully saturated rings. The molecule has 0 spiro atoms. The van der Waals surface area contributed by atoms with Crippen molar-refractivity contribution in [3.63, 3.8) is 0 Å². The number of halogens is 1. The molecule has 1 rings (SSSR count). The molecule has 0 saturated carbocycles. The highest BCUT2D eigenvalue weighted by atomic mass is 79.9. The third-order valence-electron chi connectivity index (χ3n) is 2.82. The number of hydrogen-bond acceptors (Lipinski definition) is 5. The predicted octanol–water partition coefficient (Wildman–Crippen LogP) is 1.81. The highest BCUT2D eigenvalue weighted by Gasteiger charge is 2.20. The van der Waals surface area contributed by atoms with Crippen LogP contribution in [0.2, 0.25) is 0 Å². The summed E-state index contributed by atoms with van der Waals surface area (Å²) in [7, 11) is 1.21. The Kier molecular flexibility index (Phi) is 7.21. The van der Waals surface area contributed by atoms with Crippen molar-refractivity contribution in [2.45, 2.75) is 24.8 Å². The van der Waals surface area contributed by atoms with Crippen LogP contribution in [0, 0.1) is 13.8 Å². The Morgan fingerprint density at radius 3 is 2.62 bits per heavy atom. The van der Waals surface area contributed by atoms with E-state index in [9.17, 15) is 9.59 Å². The quantitative estimate of drug-likeness (QED) is 0.585. The molecule has 0 heterocycles. The molecule has 2 N–H and O–H groups in total. The Bertz CT molecular complexity index is 536. The fourth-order valence-electron chi connectivity index (χ4n) is 1.61. The van der Waals surface area contributed by atoms with Gasteiger partial charge in [0.05, 0.1) is 19.5 Å². The zero-order valence-electron chi connectivity index (χ0n) is 12.1. The summed E-state index contributed by atoms with van der Waals surface area (Å²) in [6, 6.07) is 2.98. The average Bonchev–Trinajstić information content (AvgIpc) is 2.46. The lowest BCUT2D eigenvalue weighted by Gasteiger charge is -2.14. The number of thioether (sulfide) groups is 1. The van der Waals surface area contributed by atoms with E-state index in [-0.39, 0.29) is 11.7 Å². The van der Waals surface area contributed by atoms with Crippen LogP contribution in [0.25, 0.3) is 0 Å². The van der Waals surface area contributed by atoms with Crippen molar-refractivity contribution in [2.24, 2.45) is 0 Å². The largest absolute Gasteiger partial charge is 0.467 e. The fourth-order valence-corrected chi connectivity index (χ4v) is 2.99. The molecule has 0 aromatic heterocycles. The first kappa shape index (κ1) is 18.0. The predicted molar refractivity (Wildman–Crippen MR) is 85.4 cm³/mol. The average molecular weight is 376 g/mol. The van der Waals surface area contributed by atoms with Gasteiger partial charge in [-0.25, -0.2) is 4.79 Å². The Morgan fingerprint density at radius 2 is 2.05 bits per heavy atom. The third kappa shape index (κ3) is 5.33. The van der Waals surface area contributed by atoms with Crippen molar-refractivity contribution in [2.75, 3.05) is 19.5 Å². The molecule has 1 aromatic carbocycles. The summed E-state index contributed by atoms with van der Waals surface area (Å²) in [4.78, 5) is 24.1. The lowest BCUT2D eigenvalue weighted by Crippen LogP contribution is -2.44. The van der Waals surface area contributed by atoms with Gasteiger partial charge in [0.25, 0.3) is 0 Å². The first-order valence-electron chi connectivity index (χ1n) is 6.26. The van der Waals surface area contributed by atoms with Gasteiger partial charge in [-0.05, 0) is 37.1 Å². The molecule has 0 aliphatic rings. The zero-order valence-corrected chi connectivity index (χ0v) is 14.5. The van der Waals surface area contributed by atoms with Crippen LogP contribution in [0.4, 0.5) is 0 Å². The second-order valence-corrected chi connectivity index (χ2v) is 6.35. The minimum Gasteiger partial charge on any atom is -0.467 e. The number of aryl methyl sites for hydroxylation is 2. The lowest BCUT2D eigenvalue weighted by molar-refractivity contribution is -0.145. The van der Waals surface area contributed by atoms with E-state index in [4.69, 9.17) is 5.11 Å². The SMILES string of the molecule is COC(=O)C(CO)NC(=O)CSc1cc(C)c(Br)cc1C. The molecule has 0 aliphatic heterocycles. The van der Waals surface area contributed by atoms with Gasteiger partial charge in [-0.2, -0.15) is 0 Å². The number of methoxy groups -OCH3 is 1. The van der Waals surface area contributed by atoms with Crippen molar-refractivity contribution in [3.05, 3.63) is 27.7 Å². The third-order valence-corrected chi connectivity index (χ3v) is 4.83. The monoisotopic (exact) mass is 375 g/mol. The van der Waals surface area contributed by atoms with Crippen molar-refractivity contribution < 1.29 is 19.4 Å². The number of carbonyl (C=O) groups is 2. The number of esters is 1. The molecule has 5 nitrogen and oxygen atoms in total. The van der Waals surface area contributed by atoms with Crippen molar-refractivity contribution in [3.8, 4) is 0 Å². The molecule has 1 atom stereocenters. The van der Waals surface area contributed by atoms with Crippen LogP contribution < -0.4 is 5.32 Å².